The molecule has 0 aromatic carbocycles. The van der Waals surface area contributed by atoms with Crippen molar-refractivity contribution in [1.29, 1.82) is 0 Å². The Morgan fingerprint density at radius 1 is 1.44 bits per heavy atom. The molecule has 1 aliphatic rings. The molecule has 1 rings (SSSR count). The van der Waals surface area contributed by atoms with Crippen molar-refractivity contribution in [3.8, 4) is 0 Å². The van der Waals surface area contributed by atoms with Gasteiger partial charge in [0, 0.05) is 6.61 Å². The number of ether oxygens (including phenoxy) is 1. The molecule has 0 aliphatic carbocycles. The van der Waals surface area contributed by atoms with Gasteiger partial charge in [-0.2, -0.15) is 0 Å². The van der Waals surface area contributed by atoms with Crippen molar-refractivity contribution < 1.29 is 24.5 Å². The number of aliphatic carboxylic acids is 1. The van der Waals surface area contributed by atoms with Crippen LogP contribution in [0.15, 0.2) is 0 Å². The minimum absolute atomic E-state index is 0.123. The van der Waals surface area contributed by atoms with E-state index in [1.54, 1.807) is 0 Å². The third-order valence-electron chi connectivity index (χ3n) is 2.50. The molecule has 1 fully saturated rings. The van der Waals surface area contributed by atoms with E-state index in [1.807, 2.05) is 0 Å². The fraction of sp³-hybridized carbons (Fsp3) is 0.800. The van der Waals surface area contributed by atoms with Gasteiger partial charge in [0.15, 0.2) is 0 Å². The van der Waals surface area contributed by atoms with Crippen LogP contribution in [0.3, 0.4) is 0 Å². The van der Waals surface area contributed by atoms with Gasteiger partial charge in [0.05, 0.1) is 19.1 Å². The Bertz CT molecular complexity index is 250. The van der Waals surface area contributed by atoms with E-state index in [2.05, 4.69) is 5.32 Å². The number of carbonyl (C=O) groups excluding carboxylic acids is 1. The highest BCUT2D eigenvalue weighted by Crippen LogP contribution is 2.15. The van der Waals surface area contributed by atoms with Gasteiger partial charge in [-0.15, -0.1) is 0 Å². The second kappa shape index (κ2) is 6.44. The molecular formula is C10H17NO5. The zero-order valence-corrected chi connectivity index (χ0v) is 9.02. The predicted molar refractivity (Wildman–Crippen MR) is 54.9 cm³/mol. The summed E-state index contributed by atoms with van der Waals surface area (Å²) in [7, 11) is 0. The first-order chi connectivity index (χ1) is 7.63. The lowest BCUT2D eigenvalue weighted by Crippen LogP contribution is -2.44. The van der Waals surface area contributed by atoms with Gasteiger partial charge < -0.3 is 20.3 Å². The molecule has 2 atom stereocenters. The van der Waals surface area contributed by atoms with Crippen molar-refractivity contribution in [2.75, 3.05) is 13.2 Å². The molecule has 1 heterocycles. The third kappa shape index (κ3) is 4.16. The fourth-order valence-corrected chi connectivity index (χ4v) is 1.61. The minimum Gasteiger partial charge on any atom is -0.480 e. The molecule has 16 heavy (non-hydrogen) atoms. The lowest BCUT2D eigenvalue weighted by Gasteiger charge is -2.22. The number of rotatable bonds is 5. The Labute approximate surface area is 93.6 Å². The molecule has 0 saturated carbocycles. The predicted octanol–water partition coefficient (Wildman–Crippen LogP) is -0.493. The summed E-state index contributed by atoms with van der Waals surface area (Å²) < 4.78 is 5.35. The Balaban J connectivity index is 2.31. The average molecular weight is 231 g/mol. The van der Waals surface area contributed by atoms with Gasteiger partial charge in [0.2, 0.25) is 5.91 Å². The smallest absolute Gasteiger partial charge is 0.328 e. The van der Waals surface area contributed by atoms with Crippen molar-refractivity contribution in [3.05, 3.63) is 0 Å². The Morgan fingerprint density at radius 2 is 2.19 bits per heavy atom. The minimum atomic E-state index is -1.24. The summed E-state index contributed by atoms with van der Waals surface area (Å²) >= 11 is 0. The normalized spacial score (nSPS) is 22.4. The van der Waals surface area contributed by atoms with Gasteiger partial charge in [-0.05, 0) is 19.3 Å². The second-order valence-electron chi connectivity index (χ2n) is 3.83. The van der Waals surface area contributed by atoms with Gasteiger partial charge in [-0.25, -0.2) is 4.79 Å². The number of amides is 1. The van der Waals surface area contributed by atoms with Crippen LogP contribution in [0.4, 0.5) is 0 Å². The lowest BCUT2D eigenvalue weighted by atomic mass is 10.1. The lowest BCUT2D eigenvalue weighted by molar-refractivity contribution is -0.143. The maximum absolute atomic E-state index is 11.4. The topological polar surface area (TPSA) is 95.9 Å². The van der Waals surface area contributed by atoms with Crippen LogP contribution in [0.25, 0.3) is 0 Å². The number of carbonyl (C=O) groups is 2. The van der Waals surface area contributed by atoms with Crippen LogP contribution in [0.5, 0.6) is 0 Å². The summed E-state index contributed by atoms with van der Waals surface area (Å²) in [6.07, 6.45) is 2.89. The van der Waals surface area contributed by atoms with Crippen LogP contribution in [0.2, 0.25) is 0 Å². The summed E-state index contributed by atoms with van der Waals surface area (Å²) in [5, 5.41) is 19.6. The molecule has 6 nitrogen and oxygen atoms in total. The van der Waals surface area contributed by atoms with E-state index in [0.717, 1.165) is 19.3 Å². The van der Waals surface area contributed by atoms with Gasteiger partial charge in [0.1, 0.15) is 6.04 Å². The first-order valence-corrected chi connectivity index (χ1v) is 5.38. The van der Waals surface area contributed by atoms with E-state index in [0.29, 0.717) is 6.61 Å². The van der Waals surface area contributed by atoms with Gasteiger partial charge in [-0.1, -0.05) is 0 Å². The molecule has 0 spiro atoms. The zero-order valence-electron chi connectivity index (χ0n) is 9.02. The number of hydrogen-bond donors (Lipinski definition) is 3. The summed E-state index contributed by atoms with van der Waals surface area (Å²) in [6, 6.07) is -1.23. The van der Waals surface area contributed by atoms with Crippen LogP contribution in [-0.4, -0.2) is 47.4 Å². The molecule has 2 unspecified atom stereocenters. The summed E-state index contributed by atoms with van der Waals surface area (Å²) in [5.74, 6) is -1.63. The zero-order chi connectivity index (χ0) is 12.0. The maximum Gasteiger partial charge on any atom is 0.328 e. The number of aliphatic hydroxyl groups is 1. The molecule has 0 radical (unpaired) electrons. The quantitative estimate of drug-likeness (QED) is 0.593. The molecule has 1 saturated heterocycles. The highest BCUT2D eigenvalue weighted by molar-refractivity contribution is 5.83. The van der Waals surface area contributed by atoms with E-state index in [4.69, 9.17) is 14.9 Å². The van der Waals surface area contributed by atoms with E-state index in [9.17, 15) is 9.59 Å². The standard InChI is InChI=1S/C10H17NO5/c12-6-8(10(14)15)11-9(13)5-7-3-1-2-4-16-7/h7-8,12H,1-6H2,(H,11,13)(H,14,15). The fourth-order valence-electron chi connectivity index (χ4n) is 1.61. The largest absolute Gasteiger partial charge is 0.480 e. The number of hydrogen-bond acceptors (Lipinski definition) is 4. The van der Waals surface area contributed by atoms with Crippen molar-refractivity contribution in [2.45, 2.75) is 37.8 Å². The molecule has 3 N–H and O–H groups in total. The molecule has 1 aliphatic heterocycles. The molecule has 1 amide bonds. The summed E-state index contributed by atoms with van der Waals surface area (Å²) in [6.45, 7) is 0.0485. The number of aliphatic hydroxyl groups excluding tert-OH is 1. The maximum atomic E-state index is 11.4. The van der Waals surface area contributed by atoms with Gasteiger partial charge in [-0.3, -0.25) is 4.79 Å². The molecule has 0 aromatic rings. The Morgan fingerprint density at radius 3 is 2.69 bits per heavy atom. The first kappa shape index (κ1) is 12.9. The summed E-state index contributed by atoms with van der Waals surface area (Å²) in [4.78, 5) is 22.0. The van der Waals surface area contributed by atoms with E-state index >= 15 is 0 Å². The van der Waals surface area contributed by atoms with Crippen LogP contribution < -0.4 is 5.32 Å². The van der Waals surface area contributed by atoms with Crippen LogP contribution in [0.1, 0.15) is 25.7 Å². The Hall–Kier alpha value is -1.14. The SMILES string of the molecule is O=C(CC1CCCCO1)NC(CO)C(=O)O. The molecule has 6 heteroatoms. The van der Waals surface area contributed by atoms with E-state index in [-0.39, 0.29) is 12.5 Å². The van der Waals surface area contributed by atoms with E-state index < -0.39 is 24.5 Å². The van der Waals surface area contributed by atoms with Crippen molar-refractivity contribution in [2.24, 2.45) is 0 Å². The second-order valence-corrected chi connectivity index (χ2v) is 3.83. The van der Waals surface area contributed by atoms with Crippen molar-refractivity contribution in [3.63, 3.8) is 0 Å². The number of carboxylic acids is 1. The first-order valence-electron chi connectivity index (χ1n) is 5.38. The molecular weight excluding hydrogens is 214 g/mol. The molecule has 92 valence electrons. The average Bonchev–Trinajstić information content (AvgIpc) is 2.27. The van der Waals surface area contributed by atoms with Crippen molar-refractivity contribution in [1.82, 2.24) is 5.32 Å². The summed E-state index contributed by atoms with van der Waals surface area (Å²) in [5.41, 5.74) is 0. The van der Waals surface area contributed by atoms with Crippen LogP contribution in [0, 0.1) is 0 Å². The Kier molecular flexibility index (Phi) is 5.21. The van der Waals surface area contributed by atoms with E-state index in [1.165, 1.54) is 0 Å². The van der Waals surface area contributed by atoms with Crippen LogP contribution >= 0.6 is 0 Å². The van der Waals surface area contributed by atoms with Gasteiger partial charge in [0.25, 0.3) is 0 Å². The van der Waals surface area contributed by atoms with Gasteiger partial charge >= 0.3 is 5.97 Å². The van der Waals surface area contributed by atoms with Crippen molar-refractivity contribution >= 4 is 11.9 Å². The van der Waals surface area contributed by atoms with Crippen LogP contribution in [-0.2, 0) is 14.3 Å². The monoisotopic (exact) mass is 231 g/mol. The number of nitrogens with one attached hydrogen (secondary N) is 1. The molecule has 0 aromatic heterocycles. The highest BCUT2D eigenvalue weighted by atomic mass is 16.5. The number of carboxylic acid groups (broad SMARTS) is 1. The molecule has 0 bridgehead atoms. The highest BCUT2D eigenvalue weighted by Gasteiger charge is 2.22. The third-order valence-corrected chi connectivity index (χ3v) is 2.50.